The van der Waals surface area contributed by atoms with Crippen LogP contribution in [-0.2, 0) is 0 Å². The normalized spacial score (nSPS) is 13.1. The third-order valence-electron chi connectivity index (χ3n) is 2.17. The molecule has 2 aromatic rings. The first kappa shape index (κ1) is 8.20. The maximum atomic E-state index is 5.85. The fraction of sp³-hybridized carbons (Fsp3) is 0.182. The van der Waals surface area contributed by atoms with E-state index in [1.807, 2.05) is 25.1 Å². The first-order valence-electron chi connectivity index (χ1n) is 4.38. The van der Waals surface area contributed by atoms with Crippen LogP contribution in [0.15, 0.2) is 36.5 Å². The molecule has 0 bridgehead atoms. The molecule has 0 aliphatic rings. The van der Waals surface area contributed by atoms with Crippen LogP contribution in [0.25, 0.3) is 10.9 Å². The van der Waals surface area contributed by atoms with Gasteiger partial charge in [-0.15, -0.1) is 0 Å². The first-order chi connectivity index (χ1) is 6.29. The minimum absolute atomic E-state index is 0.0629. The first-order valence-corrected chi connectivity index (χ1v) is 4.38. The summed E-state index contributed by atoms with van der Waals surface area (Å²) in [7, 11) is 0. The van der Waals surface area contributed by atoms with Crippen molar-refractivity contribution < 1.29 is 0 Å². The number of rotatable bonds is 1. The summed E-state index contributed by atoms with van der Waals surface area (Å²) in [5.41, 5.74) is 8.02. The molecule has 2 N–H and O–H groups in total. The summed E-state index contributed by atoms with van der Waals surface area (Å²) in [5.74, 6) is 0. The van der Waals surface area contributed by atoms with Crippen LogP contribution < -0.4 is 5.73 Å². The van der Waals surface area contributed by atoms with E-state index in [-0.39, 0.29) is 6.04 Å². The molecule has 66 valence electrons. The van der Waals surface area contributed by atoms with Crippen LogP contribution in [0.4, 0.5) is 0 Å². The Kier molecular flexibility index (Phi) is 1.99. The van der Waals surface area contributed by atoms with Gasteiger partial charge in [-0.05, 0) is 24.6 Å². The zero-order chi connectivity index (χ0) is 9.26. The molecule has 0 aliphatic heterocycles. The molecule has 0 spiro atoms. The van der Waals surface area contributed by atoms with Crippen molar-refractivity contribution in [3.8, 4) is 0 Å². The van der Waals surface area contributed by atoms with E-state index in [2.05, 4.69) is 17.1 Å². The molecule has 0 amide bonds. The van der Waals surface area contributed by atoms with E-state index < -0.39 is 0 Å². The molecule has 1 aromatic heterocycles. The Morgan fingerprint density at radius 2 is 2.08 bits per heavy atom. The summed E-state index contributed by atoms with van der Waals surface area (Å²) < 4.78 is 0. The quantitative estimate of drug-likeness (QED) is 0.716. The van der Waals surface area contributed by atoms with Gasteiger partial charge in [0, 0.05) is 17.6 Å². The second-order valence-corrected chi connectivity index (χ2v) is 3.21. The number of nitrogens with zero attached hydrogens (tertiary/aromatic N) is 1. The van der Waals surface area contributed by atoms with Crippen LogP contribution in [0, 0.1) is 0 Å². The van der Waals surface area contributed by atoms with Crippen LogP contribution in [0.2, 0.25) is 0 Å². The topological polar surface area (TPSA) is 38.9 Å². The number of nitrogens with two attached hydrogens (primary N) is 1. The van der Waals surface area contributed by atoms with Crippen molar-refractivity contribution in [2.75, 3.05) is 0 Å². The largest absolute Gasteiger partial charge is 0.324 e. The van der Waals surface area contributed by atoms with Crippen molar-refractivity contribution in [1.29, 1.82) is 0 Å². The number of aromatic nitrogens is 1. The lowest BCUT2D eigenvalue weighted by atomic mass is 10.0. The van der Waals surface area contributed by atoms with Crippen molar-refractivity contribution in [1.82, 2.24) is 4.98 Å². The molecule has 0 fully saturated rings. The summed E-state index contributed by atoms with van der Waals surface area (Å²) in [4.78, 5) is 4.27. The average molecular weight is 172 g/mol. The zero-order valence-corrected chi connectivity index (χ0v) is 7.57. The molecule has 0 aliphatic carbocycles. The van der Waals surface area contributed by atoms with Crippen LogP contribution in [0.5, 0.6) is 0 Å². The van der Waals surface area contributed by atoms with Gasteiger partial charge in [0.2, 0.25) is 0 Å². The van der Waals surface area contributed by atoms with E-state index in [0.717, 1.165) is 16.5 Å². The summed E-state index contributed by atoms with van der Waals surface area (Å²) in [6, 6.07) is 10.1. The van der Waals surface area contributed by atoms with E-state index >= 15 is 0 Å². The molecular weight excluding hydrogens is 160 g/mol. The second kappa shape index (κ2) is 3.15. The Bertz CT molecular complexity index is 416. The van der Waals surface area contributed by atoms with Gasteiger partial charge in [0.15, 0.2) is 0 Å². The fourth-order valence-corrected chi connectivity index (χ4v) is 1.52. The zero-order valence-electron chi connectivity index (χ0n) is 7.57. The predicted octanol–water partition coefficient (Wildman–Crippen LogP) is 2.25. The average Bonchev–Trinajstić information content (AvgIpc) is 2.17. The summed E-state index contributed by atoms with van der Waals surface area (Å²) in [6.45, 7) is 1.99. The van der Waals surface area contributed by atoms with Gasteiger partial charge in [-0.25, -0.2) is 0 Å². The Hall–Kier alpha value is -1.41. The molecular formula is C11H12N2. The summed E-state index contributed by atoms with van der Waals surface area (Å²) >= 11 is 0. The molecule has 0 saturated heterocycles. The van der Waals surface area contributed by atoms with Crippen molar-refractivity contribution in [3.05, 3.63) is 42.1 Å². The SMILES string of the molecule is C[C@H](N)c1cccc2ncccc12. The Labute approximate surface area is 77.4 Å². The number of hydrogen-bond acceptors (Lipinski definition) is 2. The number of fused-ring (bicyclic) bond motifs is 1. The van der Waals surface area contributed by atoms with Gasteiger partial charge in [0.1, 0.15) is 0 Å². The van der Waals surface area contributed by atoms with Gasteiger partial charge in [-0.2, -0.15) is 0 Å². The molecule has 0 unspecified atom stereocenters. The molecule has 2 rings (SSSR count). The Morgan fingerprint density at radius 1 is 1.23 bits per heavy atom. The standard InChI is InChI=1S/C11H12N2/c1-8(12)9-4-2-6-11-10(9)5-3-7-13-11/h2-8H,12H2,1H3/t8-/m0/s1. The van der Waals surface area contributed by atoms with Crippen molar-refractivity contribution in [2.24, 2.45) is 5.73 Å². The molecule has 1 heterocycles. The van der Waals surface area contributed by atoms with Crippen LogP contribution in [0.1, 0.15) is 18.5 Å². The minimum atomic E-state index is 0.0629. The summed E-state index contributed by atoms with van der Waals surface area (Å²) in [5, 5.41) is 1.15. The molecule has 1 atom stereocenters. The van der Waals surface area contributed by atoms with Gasteiger partial charge in [-0.3, -0.25) is 4.98 Å². The number of hydrogen-bond donors (Lipinski definition) is 1. The highest BCUT2D eigenvalue weighted by atomic mass is 14.7. The molecule has 13 heavy (non-hydrogen) atoms. The minimum Gasteiger partial charge on any atom is -0.324 e. The lowest BCUT2D eigenvalue weighted by Gasteiger charge is -2.08. The second-order valence-electron chi connectivity index (χ2n) is 3.21. The predicted molar refractivity (Wildman–Crippen MR) is 54.3 cm³/mol. The highest BCUT2D eigenvalue weighted by molar-refractivity contribution is 5.82. The maximum absolute atomic E-state index is 5.85. The van der Waals surface area contributed by atoms with Crippen molar-refractivity contribution in [3.63, 3.8) is 0 Å². The number of benzene rings is 1. The molecule has 0 radical (unpaired) electrons. The molecule has 1 aromatic carbocycles. The highest BCUT2D eigenvalue weighted by Crippen LogP contribution is 2.20. The van der Waals surface area contributed by atoms with E-state index in [1.54, 1.807) is 6.20 Å². The third-order valence-corrected chi connectivity index (χ3v) is 2.17. The highest BCUT2D eigenvalue weighted by Gasteiger charge is 2.03. The Morgan fingerprint density at radius 3 is 2.85 bits per heavy atom. The third kappa shape index (κ3) is 1.40. The maximum Gasteiger partial charge on any atom is 0.0705 e. The van der Waals surface area contributed by atoms with E-state index in [1.165, 1.54) is 0 Å². The van der Waals surface area contributed by atoms with Crippen LogP contribution in [-0.4, -0.2) is 4.98 Å². The van der Waals surface area contributed by atoms with Crippen molar-refractivity contribution >= 4 is 10.9 Å². The van der Waals surface area contributed by atoms with Crippen molar-refractivity contribution in [2.45, 2.75) is 13.0 Å². The van der Waals surface area contributed by atoms with E-state index in [0.29, 0.717) is 0 Å². The molecule has 2 nitrogen and oxygen atoms in total. The molecule has 0 saturated carbocycles. The van der Waals surface area contributed by atoms with Gasteiger partial charge in [0.05, 0.1) is 5.52 Å². The Balaban J connectivity index is 2.76. The van der Waals surface area contributed by atoms with Crippen LogP contribution in [0.3, 0.4) is 0 Å². The fourth-order valence-electron chi connectivity index (χ4n) is 1.52. The van der Waals surface area contributed by atoms with Gasteiger partial charge >= 0.3 is 0 Å². The molecule has 2 heteroatoms. The number of pyridine rings is 1. The van der Waals surface area contributed by atoms with Crippen LogP contribution >= 0.6 is 0 Å². The lowest BCUT2D eigenvalue weighted by Crippen LogP contribution is -2.05. The smallest absolute Gasteiger partial charge is 0.0705 e. The summed E-state index contributed by atoms with van der Waals surface area (Å²) in [6.07, 6.45) is 1.80. The monoisotopic (exact) mass is 172 g/mol. The van der Waals surface area contributed by atoms with Gasteiger partial charge < -0.3 is 5.73 Å². The van der Waals surface area contributed by atoms with E-state index in [4.69, 9.17) is 5.73 Å². The lowest BCUT2D eigenvalue weighted by molar-refractivity contribution is 0.826. The van der Waals surface area contributed by atoms with Gasteiger partial charge in [0.25, 0.3) is 0 Å². The van der Waals surface area contributed by atoms with Gasteiger partial charge in [-0.1, -0.05) is 18.2 Å². The van der Waals surface area contributed by atoms with E-state index in [9.17, 15) is 0 Å².